The van der Waals surface area contributed by atoms with Crippen LogP contribution in [0.15, 0.2) is 24.3 Å². The van der Waals surface area contributed by atoms with Crippen molar-refractivity contribution in [3.8, 4) is 0 Å². The molecule has 2 rings (SSSR count). The summed E-state index contributed by atoms with van der Waals surface area (Å²) in [5.74, 6) is -0.922. The first-order valence-corrected chi connectivity index (χ1v) is 12.5. The summed E-state index contributed by atoms with van der Waals surface area (Å²) in [4.78, 5) is 26.6. The number of hydrogen-bond donors (Lipinski definition) is 0. The molecule has 0 saturated carbocycles. The number of hydrogen-bond acceptors (Lipinski definition) is 4. The van der Waals surface area contributed by atoms with Gasteiger partial charge in [0.15, 0.2) is 6.10 Å². The van der Waals surface area contributed by atoms with Crippen LogP contribution in [0, 0.1) is 5.82 Å². The van der Waals surface area contributed by atoms with Gasteiger partial charge in [-0.25, -0.2) is 14.1 Å². The molecule has 1 heterocycles. The molecule has 29 heavy (non-hydrogen) atoms. The summed E-state index contributed by atoms with van der Waals surface area (Å²) < 4.78 is 26.5. The SMILES string of the molecule is CC(C)OC(=O)N1C(=O)[C@@H](O[Si](C(C)C)(C(C)C)C(C)C)[C@H]1c1ccccc1F. The van der Waals surface area contributed by atoms with Crippen molar-refractivity contribution in [2.24, 2.45) is 0 Å². The normalized spacial score (nSPS) is 20.0. The number of carbonyl (C=O) groups excluding carboxylic acids is 2. The van der Waals surface area contributed by atoms with Gasteiger partial charge in [-0.2, -0.15) is 0 Å². The van der Waals surface area contributed by atoms with Crippen molar-refractivity contribution in [2.45, 2.75) is 90.3 Å². The smallest absolute Gasteiger partial charge is 0.417 e. The highest BCUT2D eigenvalue weighted by atomic mass is 28.4. The van der Waals surface area contributed by atoms with Gasteiger partial charge in [-0.1, -0.05) is 59.7 Å². The lowest BCUT2D eigenvalue weighted by atomic mass is 9.91. The molecule has 2 atom stereocenters. The molecular weight excluding hydrogens is 389 g/mol. The maximum Gasteiger partial charge on any atom is 0.417 e. The second-order valence-electron chi connectivity index (χ2n) is 8.96. The average Bonchev–Trinajstić information content (AvgIpc) is 2.59. The van der Waals surface area contributed by atoms with Crippen molar-refractivity contribution in [3.05, 3.63) is 35.6 Å². The molecule has 5 nitrogen and oxygen atoms in total. The summed E-state index contributed by atoms with van der Waals surface area (Å²) in [7, 11) is -2.41. The van der Waals surface area contributed by atoms with Crippen LogP contribution in [0.25, 0.3) is 0 Å². The Morgan fingerprint density at radius 2 is 1.52 bits per heavy atom. The first-order valence-electron chi connectivity index (χ1n) is 10.4. The lowest BCUT2D eigenvalue weighted by Gasteiger charge is -2.51. The summed E-state index contributed by atoms with van der Waals surface area (Å²) >= 11 is 0. The van der Waals surface area contributed by atoms with Crippen molar-refractivity contribution in [2.75, 3.05) is 0 Å². The second kappa shape index (κ2) is 8.96. The minimum atomic E-state index is -2.41. The maximum atomic E-state index is 14.6. The fraction of sp³-hybridized carbons (Fsp3) is 0.636. The van der Waals surface area contributed by atoms with Gasteiger partial charge in [0, 0.05) is 5.56 Å². The molecule has 1 aliphatic rings. The highest BCUT2D eigenvalue weighted by Gasteiger charge is 2.59. The van der Waals surface area contributed by atoms with Crippen molar-refractivity contribution < 1.29 is 23.1 Å². The molecular formula is C22H34FNO4Si. The Bertz CT molecular complexity index is 728. The zero-order chi connectivity index (χ0) is 22.1. The van der Waals surface area contributed by atoms with E-state index in [1.165, 1.54) is 6.07 Å². The van der Waals surface area contributed by atoms with Gasteiger partial charge in [0.05, 0.1) is 6.10 Å². The van der Waals surface area contributed by atoms with E-state index in [1.807, 2.05) is 0 Å². The van der Waals surface area contributed by atoms with Gasteiger partial charge in [-0.15, -0.1) is 0 Å². The van der Waals surface area contributed by atoms with Crippen molar-refractivity contribution >= 4 is 20.3 Å². The van der Waals surface area contributed by atoms with Crippen LogP contribution in [-0.4, -0.2) is 37.4 Å². The molecule has 0 radical (unpaired) electrons. The van der Waals surface area contributed by atoms with Crippen LogP contribution in [-0.2, 0) is 14.0 Å². The van der Waals surface area contributed by atoms with Crippen LogP contribution in [0.3, 0.4) is 0 Å². The molecule has 0 unspecified atom stereocenters. The minimum absolute atomic E-state index is 0.258. The number of ether oxygens (including phenoxy) is 1. The molecule has 1 fully saturated rings. The minimum Gasteiger partial charge on any atom is -0.446 e. The van der Waals surface area contributed by atoms with Gasteiger partial charge in [0.25, 0.3) is 5.91 Å². The Morgan fingerprint density at radius 1 is 1.00 bits per heavy atom. The van der Waals surface area contributed by atoms with Crippen LogP contribution in [0.2, 0.25) is 16.6 Å². The molecule has 0 spiro atoms. The lowest BCUT2D eigenvalue weighted by molar-refractivity contribution is -0.161. The Labute approximate surface area is 174 Å². The van der Waals surface area contributed by atoms with Crippen LogP contribution >= 0.6 is 0 Å². The summed E-state index contributed by atoms with van der Waals surface area (Å²) in [5, 5.41) is 0. The third kappa shape index (κ3) is 4.26. The van der Waals surface area contributed by atoms with Gasteiger partial charge in [0.1, 0.15) is 11.9 Å². The molecule has 0 N–H and O–H groups in total. The van der Waals surface area contributed by atoms with E-state index in [1.54, 1.807) is 32.0 Å². The topological polar surface area (TPSA) is 55.8 Å². The zero-order valence-electron chi connectivity index (χ0n) is 18.7. The fourth-order valence-corrected chi connectivity index (χ4v) is 10.2. The third-order valence-corrected chi connectivity index (χ3v) is 11.9. The van der Waals surface area contributed by atoms with E-state index in [9.17, 15) is 14.0 Å². The van der Waals surface area contributed by atoms with E-state index in [0.717, 1.165) is 4.90 Å². The Hall–Kier alpha value is -1.73. The first kappa shape index (κ1) is 23.5. The molecule has 1 saturated heterocycles. The predicted octanol–water partition coefficient (Wildman–Crippen LogP) is 5.81. The highest BCUT2D eigenvalue weighted by molar-refractivity contribution is 6.77. The number of carbonyl (C=O) groups is 2. The number of imide groups is 1. The molecule has 1 aromatic rings. The fourth-order valence-electron chi connectivity index (χ4n) is 4.68. The van der Waals surface area contributed by atoms with E-state index in [-0.39, 0.29) is 28.3 Å². The molecule has 0 aliphatic carbocycles. The summed E-state index contributed by atoms with van der Waals surface area (Å²) in [6, 6.07) is 5.39. The monoisotopic (exact) mass is 423 g/mol. The van der Waals surface area contributed by atoms with Crippen LogP contribution in [0.4, 0.5) is 9.18 Å². The third-order valence-electron chi connectivity index (χ3n) is 5.84. The van der Waals surface area contributed by atoms with Crippen molar-refractivity contribution in [1.82, 2.24) is 4.90 Å². The maximum absolute atomic E-state index is 14.6. The Morgan fingerprint density at radius 3 is 1.97 bits per heavy atom. The number of halogens is 1. The van der Waals surface area contributed by atoms with E-state index in [0.29, 0.717) is 0 Å². The number of likely N-dealkylation sites (tertiary alicyclic amines) is 1. The number of benzene rings is 1. The van der Waals surface area contributed by atoms with E-state index < -0.39 is 38.3 Å². The predicted molar refractivity (Wildman–Crippen MR) is 114 cm³/mol. The number of β-lactam (4-membered cyclic amide) rings is 1. The molecule has 1 aliphatic heterocycles. The van der Waals surface area contributed by atoms with E-state index in [2.05, 4.69) is 41.5 Å². The van der Waals surface area contributed by atoms with Gasteiger partial charge >= 0.3 is 6.09 Å². The standard InChI is InChI=1S/C22H34FNO4Si/c1-13(2)27-22(26)24-19(17-11-9-10-12-18(17)23)20(21(24)25)28-29(14(3)4,15(5)6)16(7)8/h9-16,19-20H,1-8H3/t19-,20+/m1/s1. The van der Waals surface area contributed by atoms with Gasteiger partial charge in [-0.05, 0) is 36.5 Å². The molecule has 7 heteroatoms. The molecule has 162 valence electrons. The highest BCUT2D eigenvalue weighted by Crippen LogP contribution is 2.48. The first-order chi connectivity index (χ1) is 13.4. The van der Waals surface area contributed by atoms with Gasteiger partial charge in [-0.3, -0.25) is 4.79 Å². The largest absolute Gasteiger partial charge is 0.446 e. The van der Waals surface area contributed by atoms with Gasteiger partial charge < -0.3 is 9.16 Å². The van der Waals surface area contributed by atoms with Crippen LogP contribution < -0.4 is 0 Å². The molecule has 1 aromatic carbocycles. The average molecular weight is 424 g/mol. The molecule has 2 amide bonds. The second-order valence-corrected chi connectivity index (χ2v) is 14.4. The van der Waals surface area contributed by atoms with Crippen LogP contribution in [0.1, 0.15) is 67.0 Å². The lowest BCUT2D eigenvalue weighted by Crippen LogP contribution is -2.66. The summed E-state index contributed by atoms with van der Waals surface area (Å²) in [6.45, 7) is 16.2. The number of rotatable bonds is 7. The Balaban J connectivity index is 2.48. The summed E-state index contributed by atoms with van der Waals surface area (Å²) in [5.41, 5.74) is 1.05. The van der Waals surface area contributed by atoms with Crippen LogP contribution in [0.5, 0.6) is 0 Å². The summed E-state index contributed by atoms with van der Waals surface area (Å²) in [6.07, 6.45) is -2.03. The number of nitrogens with zero attached hydrogens (tertiary/aromatic N) is 1. The van der Waals surface area contributed by atoms with Gasteiger partial charge in [0.2, 0.25) is 8.32 Å². The molecule has 0 aromatic heterocycles. The zero-order valence-corrected chi connectivity index (χ0v) is 19.7. The van der Waals surface area contributed by atoms with E-state index in [4.69, 9.17) is 9.16 Å². The van der Waals surface area contributed by atoms with Crippen molar-refractivity contribution in [1.29, 1.82) is 0 Å². The van der Waals surface area contributed by atoms with Crippen molar-refractivity contribution in [3.63, 3.8) is 0 Å². The van der Waals surface area contributed by atoms with E-state index >= 15 is 0 Å². The molecule has 0 bridgehead atoms. The number of amides is 2. The Kier molecular flexibility index (Phi) is 7.27. The quantitative estimate of drug-likeness (QED) is 0.410.